The lowest BCUT2D eigenvalue weighted by atomic mass is 10.1. The van der Waals surface area contributed by atoms with Gasteiger partial charge in [0.25, 0.3) is 0 Å². The van der Waals surface area contributed by atoms with E-state index < -0.39 is 21.2 Å². The summed E-state index contributed by atoms with van der Waals surface area (Å²) < 4.78 is 23.6. The molecule has 0 aromatic heterocycles. The summed E-state index contributed by atoms with van der Waals surface area (Å²) >= 11 is 0. The molecule has 1 N–H and O–H groups in total. The fourth-order valence-corrected chi connectivity index (χ4v) is 4.12. The standard InChI is InChI=1S/C11H20O4S/c1-9(2)3-6-16(14,15)8-11(4-5-11)7-10(12)13/h9H,3-8H2,1-2H3,(H,12,13). The summed E-state index contributed by atoms with van der Waals surface area (Å²) in [5.74, 6) is -0.286. The minimum atomic E-state index is -3.08. The minimum absolute atomic E-state index is 0.00604. The van der Waals surface area contributed by atoms with Crippen molar-refractivity contribution in [2.45, 2.75) is 39.5 Å². The maximum atomic E-state index is 11.8. The van der Waals surface area contributed by atoms with E-state index >= 15 is 0 Å². The van der Waals surface area contributed by atoms with Crippen molar-refractivity contribution < 1.29 is 18.3 Å². The number of carboxylic acid groups (broad SMARTS) is 1. The monoisotopic (exact) mass is 248 g/mol. The van der Waals surface area contributed by atoms with Gasteiger partial charge in [-0.25, -0.2) is 8.42 Å². The molecule has 0 aromatic carbocycles. The molecule has 0 spiro atoms. The first-order chi connectivity index (χ1) is 7.25. The van der Waals surface area contributed by atoms with Crippen LogP contribution in [0.25, 0.3) is 0 Å². The highest BCUT2D eigenvalue weighted by atomic mass is 32.2. The maximum Gasteiger partial charge on any atom is 0.303 e. The summed E-state index contributed by atoms with van der Waals surface area (Å²) in [6, 6.07) is 0. The number of carbonyl (C=O) groups is 1. The molecule has 94 valence electrons. The van der Waals surface area contributed by atoms with Gasteiger partial charge in [-0.2, -0.15) is 0 Å². The zero-order chi connectivity index (χ0) is 12.4. The lowest BCUT2D eigenvalue weighted by Gasteiger charge is -2.13. The van der Waals surface area contributed by atoms with E-state index in [2.05, 4.69) is 0 Å². The Kier molecular flexibility index (Phi) is 3.99. The second kappa shape index (κ2) is 4.73. The van der Waals surface area contributed by atoms with Crippen LogP contribution in [0.5, 0.6) is 0 Å². The fourth-order valence-electron chi connectivity index (χ4n) is 1.82. The number of carboxylic acids is 1. The Bertz CT molecular complexity index is 352. The van der Waals surface area contributed by atoms with Gasteiger partial charge in [0.2, 0.25) is 0 Å². The van der Waals surface area contributed by atoms with Gasteiger partial charge in [-0.15, -0.1) is 0 Å². The summed E-state index contributed by atoms with van der Waals surface area (Å²) in [4.78, 5) is 10.6. The van der Waals surface area contributed by atoms with Crippen molar-refractivity contribution in [3.63, 3.8) is 0 Å². The van der Waals surface area contributed by atoms with Crippen LogP contribution < -0.4 is 0 Å². The lowest BCUT2D eigenvalue weighted by molar-refractivity contribution is -0.138. The Labute approximate surface area is 97.0 Å². The van der Waals surface area contributed by atoms with Gasteiger partial charge in [0, 0.05) is 0 Å². The predicted molar refractivity (Wildman–Crippen MR) is 62.0 cm³/mol. The van der Waals surface area contributed by atoms with E-state index in [9.17, 15) is 13.2 Å². The number of rotatable bonds is 7. The van der Waals surface area contributed by atoms with Crippen LogP contribution in [0.1, 0.15) is 39.5 Å². The van der Waals surface area contributed by atoms with Crippen molar-refractivity contribution in [1.82, 2.24) is 0 Å². The van der Waals surface area contributed by atoms with Crippen LogP contribution in [0.4, 0.5) is 0 Å². The molecule has 0 saturated heterocycles. The van der Waals surface area contributed by atoms with Crippen molar-refractivity contribution in [3.05, 3.63) is 0 Å². The Morgan fingerprint density at radius 1 is 1.38 bits per heavy atom. The molecule has 0 atom stereocenters. The molecule has 0 aromatic rings. The number of hydrogen-bond donors (Lipinski definition) is 1. The Hall–Kier alpha value is -0.580. The molecule has 1 aliphatic carbocycles. The molecule has 0 heterocycles. The van der Waals surface area contributed by atoms with Crippen LogP contribution in [0, 0.1) is 11.3 Å². The Morgan fingerprint density at radius 3 is 2.31 bits per heavy atom. The highest BCUT2D eigenvalue weighted by molar-refractivity contribution is 7.91. The number of hydrogen-bond acceptors (Lipinski definition) is 3. The number of aliphatic carboxylic acids is 1. The minimum Gasteiger partial charge on any atom is -0.481 e. The van der Waals surface area contributed by atoms with Gasteiger partial charge < -0.3 is 5.11 Å². The van der Waals surface area contributed by atoms with Crippen LogP contribution in [-0.2, 0) is 14.6 Å². The lowest BCUT2D eigenvalue weighted by Crippen LogP contribution is -2.23. The van der Waals surface area contributed by atoms with Gasteiger partial charge in [-0.3, -0.25) is 4.79 Å². The van der Waals surface area contributed by atoms with Gasteiger partial charge in [0.15, 0.2) is 9.84 Å². The molecule has 0 unspecified atom stereocenters. The quantitative estimate of drug-likeness (QED) is 0.744. The molecular weight excluding hydrogens is 228 g/mol. The van der Waals surface area contributed by atoms with Crippen LogP contribution in [0.3, 0.4) is 0 Å². The van der Waals surface area contributed by atoms with E-state index in [1.807, 2.05) is 13.8 Å². The van der Waals surface area contributed by atoms with Crippen molar-refractivity contribution in [1.29, 1.82) is 0 Å². The van der Waals surface area contributed by atoms with Gasteiger partial charge in [-0.05, 0) is 30.6 Å². The van der Waals surface area contributed by atoms with E-state index in [4.69, 9.17) is 5.11 Å². The molecule has 1 saturated carbocycles. The molecule has 1 aliphatic rings. The second-order valence-corrected chi connectivity index (χ2v) is 7.53. The van der Waals surface area contributed by atoms with Gasteiger partial charge in [-0.1, -0.05) is 13.8 Å². The van der Waals surface area contributed by atoms with E-state index in [0.29, 0.717) is 12.3 Å². The van der Waals surface area contributed by atoms with Gasteiger partial charge in [0.05, 0.1) is 17.9 Å². The first-order valence-corrected chi connectivity index (χ1v) is 7.49. The fraction of sp³-hybridized carbons (Fsp3) is 0.909. The van der Waals surface area contributed by atoms with Gasteiger partial charge >= 0.3 is 5.97 Å². The largest absolute Gasteiger partial charge is 0.481 e. The molecule has 5 heteroatoms. The highest BCUT2D eigenvalue weighted by Crippen LogP contribution is 2.49. The van der Waals surface area contributed by atoms with Crippen molar-refractivity contribution in [2.75, 3.05) is 11.5 Å². The van der Waals surface area contributed by atoms with Gasteiger partial charge in [0.1, 0.15) is 0 Å². The highest BCUT2D eigenvalue weighted by Gasteiger charge is 2.47. The SMILES string of the molecule is CC(C)CCS(=O)(=O)CC1(CC(=O)O)CC1. The maximum absolute atomic E-state index is 11.8. The average Bonchev–Trinajstić information content (AvgIpc) is 2.79. The average molecular weight is 248 g/mol. The van der Waals surface area contributed by atoms with Crippen LogP contribution in [0.2, 0.25) is 0 Å². The van der Waals surface area contributed by atoms with E-state index in [1.165, 1.54) is 0 Å². The summed E-state index contributed by atoms with van der Waals surface area (Å²) in [5, 5.41) is 8.71. The third-order valence-corrected chi connectivity index (χ3v) is 4.93. The summed E-state index contributed by atoms with van der Waals surface area (Å²) in [5.41, 5.74) is -0.443. The Morgan fingerprint density at radius 2 is 1.94 bits per heavy atom. The normalized spacial score (nSPS) is 18.7. The molecule has 1 fully saturated rings. The smallest absolute Gasteiger partial charge is 0.303 e. The third kappa shape index (κ3) is 4.51. The van der Waals surface area contributed by atoms with Crippen molar-refractivity contribution in [3.8, 4) is 0 Å². The summed E-state index contributed by atoms with van der Waals surface area (Å²) in [7, 11) is -3.08. The first-order valence-electron chi connectivity index (χ1n) is 5.67. The Balaban J connectivity index is 2.49. The molecule has 1 rings (SSSR count). The zero-order valence-corrected chi connectivity index (χ0v) is 10.7. The second-order valence-electron chi connectivity index (χ2n) is 5.35. The van der Waals surface area contributed by atoms with Crippen LogP contribution in [0.15, 0.2) is 0 Å². The van der Waals surface area contributed by atoms with E-state index in [-0.39, 0.29) is 17.9 Å². The molecule has 16 heavy (non-hydrogen) atoms. The number of sulfone groups is 1. The third-order valence-electron chi connectivity index (χ3n) is 3.02. The molecule has 0 radical (unpaired) electrons. The first kappa shape index (κ1) is 13.5. The topological polar surface area (TPSA) is 71.4 Å². The van der Waals surface area contributed by atoms with E-state index in [0.717, 1.165) is 12.8 Å². The zero-order valence-electron chi connectivity index (χ0n) is 9.90. The molecule has 0 aliphatic heterocycles. The molecule has 0 bridgehead atoms. The van der Waals surface area contributed by atoms with Crippen molar-refractivity contribution >= 4 is 15.8 Å². The predicted octanol–water partition coefficient (Wildman–Crippen LogP) is 1.70. The molecular formula is C11H20O4S. The van der Waals surface area contributed by atoms with Crippen LogP contribution in [-0.4, -0.2) is 31.0 Å². The molecule has 4 nitrogen and oxygen atoms in total. The van der Waals surface area contributed by atoms with Crippen molar-refractivity contribution in [2.24, 2.45) is 11.3 Å². The molecule has 0 amide bonds. The van der Waals surface area contributed by atoms with E-state index in [1.54, 1.807) is 0 Å². The summed E-state index contributed by atoms with van der Waals surface area (Å²) in [6.07, 6.45) is 2.12. The van der Waals surface area contributed by atoms with Crippen LogP contribution >= 0.6 is 0 Å². The summed E-state index contributed by atoms with van der Waals surface area (Å²) in [6.45, 7) is 3.97.